The molecule has 0 bridgehead atoms. The summed E-state index contributed by atoms with van der Waals surface area (Å²) in [5, 5.41) is 4.56. The molecule has 2 rings (SSSR count). The van der Waals surface area contributed by atoms with E-state index in [0.29, 0.717) is 9.90 Å². The summed E-state index contributed by atoms with van der Waals surface area (Å²) in [6.07, 6.45) is 2.03. The molecule has 1 heterocycles. The third kappa shape index (κ3) is 4.05. The van der Waals surface area contributed by atoms with Gasteiger partial charge in [-0.05, 0) is 32.4 Å². The van der Waals surface area contributed by atoms with Crippen molar-refractivity contribution in [2.75, 3.05) is 0 Å². The SMILES string of the molecule is CCCC(C)NC(=O)c1sc(-c2ccc(Cl)cc2)nc1C. The number of hydrogen-bond donors (Lipinski definition) is 1. The second kappa shape index (κ2) is 7.05. The number of rotatable bonds is 5. The van der Waals surface area contributed by atoms with E-state index in [9.17, 15) is 4.79 Å². The molecule has 1 unspecified atom stereocenters. The molecule has 1 N–H and O–H groups in total. The molecule has 0 radical (unpaired) electrons. The van der Waals surface area contributed by atoms with Gasteiger partial charge < -0.3 is 5.32 Å². The van der Waals surface area contributed by atoms with Crippen molar-refractivity contribution in [3.05, 3.63) is 39.9 Å². The van der Waals surface area contributed by atoms with Gasteiger partial charge in [-0.2, -0.15) is 0 Å². The van der Waals surface area contributed by atoms with Crippen molar-refractivity contribution in [2.24, 2.45) is 0 Å². The minimum absolute atomic E-state index is 0.0360. The van der Waals surface area contributed by atoms with E-state index in [1.165, 1.54) is 11.3 Å². The number of benzene rings is 1. The summed E-state index contributed by atoms with van der Waals surface area (Å²) < 4.78 is 0. The van der Waals surface area contributed by atoms with Gasteiger partial charge in [0.2, 0.25) is 0 Å². The topological polar surface area (TPSA) is 42.0 Å². The lowest BCUT2D eigenvalue weighted by atomic mass is 10.2. The Morgan fingerprint density at radius 2 is 2.05 bits per heavy atom. The first-order chi connectivity index (χ1) is 10.0. The van der Waals surface area contributed by atoms with Crippen LogP contribution in [-0.4, -0.2) is 16.9 Å². The van der Waals surface area contributed by atoms with Gasteiger partial charge in [0.05, 0.1) is 5.69 Å². The Morgan fingerprint density at radius 3 is 2.67 bits per heavy atom. The van der Waals surface area contributed by atoms with Gasteiger partial charge >= 0.3 is 0 Å². The van der Waals surface area contributed by atoms with Gasteiger partial charge in [0.15, 0.2) is 0 Å². The highest BCUT2D eigenvalue weighted by atomic mass is 35.5. The van der Waals surface area contributed by atoms with Crippen molar-refractivity contribution in [1.29, 1.82) is 0 Å². The fourth-order valence-electron chi connectivity index (χ4n) is 2.12. The number of nitrogens with one attached hydrogen (secondary N) is 1. The summed E-state index contributed by atoms with van der Waals surface area (Å²) in [6, 6.07) is 7.68. The number of hydrogen-bond acceptors (Lipinski definition) is 3. The van der Waals surface area contributed by atoms with Crippen LogP contribution in [0.4, 0.5) is 0 Å². The van der Waals surface area contributed by atoms with E-state index in [4.69, 9.17) is 11.6 Å². The third-order valence-electron chi connectivity index (χ3n) is 3.19. The van der Waals surface area contributed by atoms with Gasteiger partial charge in [0.25, 0.3) is 5.91 Å². The molecule has 3 nitrogen and oxygen atoms in total. The average Bonchev–Trinajstić information content (AvgIpc) is 2.82. The second-order valence-electron chi connectivity index (χ2n) is 5.10. The molecule has 21 heavy (non-hydrogen) atoms. The van der Waals surface area contributed by atoms with Crippen LogP contribution in [0.15, 0.2) is 24.3 Å². The van der Waals surface area contributed by atoms with Crippen LogP contribution in [-0.2, 0) is 0 Å². The lowest BCUT2D eigenvalue weighted by Gasteiger charge is -2.11. The molecule has 2 aromatic rings. The second-order valence-corrected chi connectivity index (χ2v) is 6.54. The molecule has 0 saturated heterocycles. The predicted molar refractivity (Wildman–Crippen MR) is 89.1 cm³/mol. The van der Waals surface area contributed by atoms with E-state index in [2.05, 4.69) is 17.2 Å². The number of halogens is 1. The number of aromatic nitrogens is 1. The highest BCUT2D eigenvalue weighted by Crippen LogP contribution is 2.28. The minimum atomic E-state index is -0.0360. The van der Waals surface area contributed by atoms with Gasteiger partial charge in [-0.1, -0.05) is 37.1 Å². The molecular formula is C16H19ClN2OS. The van der Waals surface area contributed by atoms with Crippen molar-refractivity contribution in [3.8, 4) is 10.6 Å². The Bertz CT molecular complexity index is 622. The van der Waals surface area contributed by atoms with Gasteiger partial charge in [0, 0.05) is 16.6 Å². The highest BCUT2D eigenvalue weighted by Gasteiger charge is 2.17. The standard InChI is InChI=1S/C16H19ClN2OS/c1-4-5-10(2)18-15(20)14-11(3)19-16(21-14)12-6-8-13(17)9-7-12/h6-10H,4-5H2,1-3H3,(H,18,20). The van der Waals surface area contributed by atoms with E-state index < -0.39 is 0 Å². The highest BCUT2D eigenvalue weighted by molar-refractivity contribution is 7.17. The maximum absolute atomic E-state index is 12.3. The van der Waals surface area contributed by atoms with Gasteiger partial charge in [-0.3, -0.25) is 4.79 Å². The Labute approximate surface area is 134 Å². The average molecular weight is 323 g/mol. The van der Waals surface area contributed by atoms with Crippen molar-refractivity contribution in [2.45, 2.75) is 39.7 Å². The fraction of sp³-hybridized carbons (Fsp3) is 0.375. The van der Waals surface area contributed by atoms with Gasteiger partial charge in [0.1, 0.15) is 9.88 Å². The first kappa shape index (κ1) is 16.0. The van der Waals surface area contributed by atoms with Crippen LogP contribution < -0.4 is 5.32 Å². The van der Waals surface area contributed by atoms with E-state index in [1.807, 2.05) is 38.1 Å². The first-order valence-corrected chi connectivity index (χ1v) is 8.25. The van der Waals surface area contributed by atoms with E-state index in [1.54, 1.807) is 0 Å². The zero-order chi connectivity index (χ0) is 15.4. The van der Waals surface area contributed by atoms with Crippen LogP contribution in [0.5, 0.6) is 0 Å². The summed E-state index contributed by atoms with van der Waals surface area (Å²) in [5.41, 5.74) is 1.75. The molecule has 0 fully saturated rings. The van der Waals surface area contributed by atoms with Crippen LogP contribution in [0, 0.1) is 6.92 Å². The first-order valence-electron chi connectivity index (χ1n) is 7.05. The summed E-state index contributed by atoms with van der Waals surface area (Å²) in [6.45, 7) is 6.01. The Kier molecular flexibility index (Phi) is 5.37. The minimum Gasteiger partial charge on any atom is -0.349 e. The summed E-state index contributed by atoms with van der Waals surface area (Å²) >= 11 is 7.31. The number of nitrogens with zero attached hydrogens (tertiary/aromatic N) is 1. The molecule has 0 aliphatic rings. The molecule has 5 heteroatoms. The largest absolute Gasteiger partial charge is 0.349 e. The Hall–Kier alpha value is -1.39. The molecule has 1 amide bonds. The molecule has 0 aliphatic carbocycles. The van der Waals surface area contributed by atoms with E-state index in [-0.39, 0.29) is 11.9 Å². The molecule has 1 atom stereocenters. The fourth-order valence-corrected chi connectivity index (χ4v) is 3.22. The molecule has 112 valence electrons. The lowest BCUT2D eigenvalue weighted by molar-refractivity contribution is 0.0941. The Balaban J connectivity index is 2.19. The maximum atomic E-state index is 12.3. The maximum Gasteiger partial charge on any atom is 0.263 e. The van der Waals surface area contributed by atoms with Crippen LogP contribution in [0.2, 0.25) is 5.02 Å². The van der Waals surface area contributed by atoms with Crippen molar-refractivity contribution in [1.82, 2.24) is 10.3 Å². The molecule has 1 aromatic carbocycles. The number of carbonyl (C=O) groups excluding carboxylic acids is 1. The smallest absolute Gasteiger partial charge is 0.263 e. The molecule has 0 aliphatic heterocycles. The summed E-state index contributed by atoms with van der Waals surface area (Å²) in [7, 11) is 0. The lowest BCUT2D eigenvalue weighted by Crippen LogP contribution is -2.32. The monoisotopic (exact) mass is 322 g/mol. The third-order valence-corrected chi connectivity index (χ3v) is 4.65. The quantitative estimate of drug-likeness (QED) is 0.867. The van der Waals surface area contributed by atoms with E-state index >= 15 is 0 Å². The predicted octanol–water partition coefficient (Wildman–Crippen LogP) is 4.69. The Morgan fingerprint density at radius 1 is 1.38 bits per heavy atom. The molecular weight excluding hydrogens is 304 g/mol. The normalized spacial score (nSPS) is 12.2. The van der Waals surface area contributed by atoms with Crippen LogP contribution in [0.25, 0.3) is 10.6 Å². The van der Waals surface area contributed by atoms with Gasteiger partial charge in [-0.25, -0.2) is 4.98 Å². The van der Waals surface area contributed by atoms with Crippen molar-refractivity contribution in [3.63, 3.8) is 0 Å². The van der Waals surface area contributed by atoms with E-state index in [0.717, 1.165) is 29.1 Å². The van der Waals surface area contributed by atoms with Gasteiger partial charge in [-0.15, -0.1) is 11.3 Å². The molecule has 0 spiro atoms. The zero-order valence-electron chi connectivity index (χ0n) is 12.4. The number of amides is 1. The number of aryl methyl sites for hydroxylation is 1. The summed E-state index contributed by atoms with van der Waals surface area (Å²) in [4.78, 5) is 17.5. The van der Waals surface area contributed by atoms with Crippen LogP contribution in [0.3, 0.4) is 0 Å². The van der Waals surface area contributed by atoms with Crippen LogP contribution in [0.1, 0.15) is 42.1 Å². The summed E-state index contributed by atoms with van der Waals surface area (Å²) in [5.74, 6) is -0.0360. The van der Waals surface area contributed by atoms with Crippen LogP contribution >= 0.6 is 22.9 Å². The molecule has 0 saturated carbocycles. The van der Waals surface area contributed by atoms with Crippen molar-refractivity contribution < 1.29 is 4.79 Å². The molecule has 1 aromatic heterocycles. The van der Waals surface area contributed by atoms with Crippen molar-refractivity contribution >= 4 is 28.8 Å². The zero-order valence-corrected chi connectivity index (χ0v) is 14.0. The number of thiazole rings is 1. The number of carbonyl (C=O) groups is 1.